The Balaban J connectivity index is 1.57. The molecular formula is C17H15NO4. The number of aldehydes is 1. The van der Waals surface area contributed by atoms with Gasteiger partial charge in [0, 0.05) is 5.92 Å². The molecule has 2 amide bonds. The molecule has 112 valence electrons. The lowest BCUT2D eigenvalue weighted by molar-refractivity contribution is -0.109. The number of hydrogen-bond donors (Lipinski definition) is 0. The largest absolute Gasteiger partial charge is 0.492 e. The third-order valence-electron chi connectivity index (χ3n) is 3.74. The second-order valence-electron chi connectivity index (χ2n) is 5.16. The van der Waals surface area contributed by atoms with E-state index < -0.39 is 0 Å². The molecule has 0 spiro atoms. The minimum Gasteiger partial charge on any atom is -0.492 e. The lowest BCUT2D eigenvalue weighted by atomic mass is 10.0. The Morgan fingerprint density at radius 1 is 1.18 bits per heavy atom. The molecule has 1 aliphatic carbocycles. The van der Waals surface area contributed by atoms with Crippen LogP contribution in [0, 0.1) is 5.92 Å². The maximum absolute atomic E-state index is 12.2. The summed E-state index contributed by atoms with van der Waals surface area (Å²) in [5.74, 6) is 0.00932. The van der Waals surface area contributed by atoms with Crippen LogP contribution in [-0.4, -0.2) is 36.2 Å². The molecule has 1 heterocycles. The molecule has 1 atom stereocenters. The Bertz CT molecular complexity index is 655. The number of benzene rings is 1. The monoisotopic (exact) mass is 297 g/mol. The summed E-state index contributed by atoms with van der Waals surface area (Å²) in [5.41, 5.74) is 0.885. The zero-order valence-corrected chi connectivity index (χ0v) is 11.9. The molecule has 0 fully saturated rings. The van der Waals surface area contributed by atoms with Crippen LogP contribution in [0.5, 0.6) is 0 Å². The molecule has 5 heteroatoms. The molecule has 0 bridgehead atoms. The van der Waals surface area contributed by atoms with Gasteiger partial charge in [-0.15, -0.1) is 0 Å². The van der Waals surface area contributed by atoms with Crippen molar-refractivity contribution in [3.8, 4) is 0 Å². The molecule has 1 aromatic rings. The SMILES string of the molecule is O=CC1C=CC(OCCN2C(=O)c3ccccc3C2=O)=CC1. The summed E-state index contributed by atoms with van der Waals surface area (Å²) in [4.78, 5) is 36.1. The van der Waals surface area contributed by atoms with E-state index in [2.05, 4.69) is 0 Å². The molecule has 2 aliphatic rings. The van der Waals surface area contributed by atoms with Gasteiger partial charge >= 0.3 is 0 Å². The molecule has 0 N–H and O–H groups in total. The predicted octanol–water partition coefficient (Wildman–Crippen LogP) is 1.96. The van der Waals surface area contributed by atoms with Crippen molar-refractivity contribution in [3.05, 3.63) is 59.4 Å². The van der Waals surface area contributed by atoms with E-state index in [1.165, 1.54) is 4.90 Å². The fraction of sp³-hybridized carbons (Fsp3) is 0.235. The standard InChI is InChI=1S/C17H15NO4/c19-11-12-5-7-13(8-6-12)22-10-9-18-16(20)14-3-1-2-4-15(14)17(18)21/h1-5,7-8,11-12H,6,9-10H2. The lowest BCUT2D eigenvalue weighted by Crippen LogP contribution is -2.33. The average molecular weight is 297 g/mol. The number of rotatable bonds is 5. The van der Waals surface area contributed by atoms with Gasteiger partial charge in [0.1, 0.15) is 18.7 Å². The van der Waals surface area contributed by atoms with Gasteiger partial charge in [-0.3, -0.25) is 14.5 Å². The molecule has 0 saturated heterocycles. The minimum absolute atomic E-state index is 0.0939. The smallest absolute Gasteiger partial charge is 0.261 e. The van der Waals surface area contributed by atoms with Crippen LogP contribution in [0.1, 0.15) is 27.1 Å². The summed E-state index contributed by atoms with van der Waals surface area (Å²) in [5, 5.41) is 0. The number of carbonyl (C=O) groups excluding carboxylic acids is 3. The Kier molecular flexibility index (Phi) is 3.87. The van der Waals surface area contributed by atoms with Crippen LogP contribution in [-0.2, 0) is 9.53 Å². The minimum atomic E-state index is -0.279. The van der Waals surface area contributed by atoms with Crippen molar-refractivity contribution in [2.45, 2.75) is 6.42 Å². The fourth-order valence-electron chi connectivity index (χ4n) is 2.52. The van der Waals surface area contributed by atoms with Crippen LogP contribution < -0.4 is 0 Å². The Labute approximate surface area is 127 Å². The third kappa shape index (κ3) is 2.57. The van der Waals surface area contributed by atoms with Gasteiger partial charge < -0.3 is 9.53 Å². The number of imide groups is 1. The van der Waals surface area contributed by atoms with Gasteiger partial charge in [0.2, 0.25) is 0 Å². The van der Waals surface area contributed by atoms with Crippen molar-refractivity contribution in [1.82, 2.24) is 4.90 Å². The number of fused-ring (bicyclic) bond motifs is 1. The average Bonchev–Trinajstić information content (AvgIpc) is 2.81. The Hall–Kier alpha value is -2.69. The Morgan fingerprint density at radius 2 is 1.86 bits per heavy atom. The number of carbonyl (C=O) groups is 3. The second kappa shape index (κ2) is 5.97. The number of allylic oxidation sites excluding steroid dienone is 3. The van der Waals surface area contributed by atoms with E-state index in [0.29, 0.717) is 23.3 Å². The maximum atomic E-state index is 12.2. The predicted molar refractivity (Wildman–Crippen MR) is 79.2 cm³/mol. The molecule has 1 unspecified atom stereocenters. The highest BCUT2D eigenvalue weighted by Gasteiger charge is 2.34. The van der Waals surface area contributed by atoms with E-state index in [0.717, 1.165) is 6.29 Å². The van der Waals surface area contributed by atoms with Gasteiger partial charge in [-0.2, -0.15) is 0 Å². The summed E-state index contributed by atoms with van der Waals surface area (Å²) >= 11 is 0. The first-order valence-electron chi connectivity index (χ1n) is 7.12. The first-order chi connectivity index (χ1) is 10.7. The highest BCUT2D eigenvalue weighted by molar-refractivity contribution is 6.21. The summed E-state index contributed by atoms with van der Waals surface area (Å²) < 4.78 is 5.55. The topological polar surface area (TPSA) is 63.7 Å². The lowest BCUT2D eigenvalue weighted by Gasteiger charge is -2.16. The van der Waals surface area contributed by atoms with Crippen LogP contribution in [0.2, 0.25) is 0 Å². The molecule has 1 aliphatic heterocycles. The molecule has 0 aromatic heterocycles. The van der Waals surface area contributed by atoms with Crippen molar-refractivity contribution < 1.29 is 19.1 Å². The molecule has 0 radical (unpaired) electrons. The van der Waals surface area contributed by atoms with E-state index in [1.54, 1.807) is 36.4 Å². The second-order valence-corrected chi connectivity index (χ2v) is 5.16. The molecule has 22 heavy (non-hydrogen) atoms. The van der Waals surface area contributed by atoms with Crippen molar-refractivity contribution in [3.63, 3.8) is 0 Å². The number of amides is 2. The van der Waals surface area contributed by atoms with Gasteiger partial charge in [-0.25, -0.2) is 0 Å². The fourth-order valence-corrected chi connectivity index (χ4v) is 2.52. The summed E-state index contributed by atoms with van der Waals surface area (Å²) in [6, 6.07) is 6.79. The van der Waals surface area contributed by atoms with Gasteiger partial charge in [0.25, 0.3) is 11.8 Å². The third-order valence-corrected chi connectivity index (χ3v) is 3.74. The number of ether oxygens (including phenoxy) is 1. The molecule has 5 nitrogen and oxygen atoms in total. The van der Waals surface area contributed by atoms with Crippen molar-refractivity contribution in [2.75, 3.05) is 13.2 Å². The van der Waals surface area contributed by atoms with Crippen LogP contribution in [0.15, 0.2) is 48.3 Å². The molecule has 0 saturated carbocycles. The van der Waals surface area contributed by atoms with Crippen molar-refractivity contribution in [1.29, 1.82) is 0 Å². The van der Waals surface area contributed by atoms with E-state index in [4.69, 9.17) is 4.74 Å². The highest BCUT2D eigenvalue weighted by atomic mass is 16.5. The van der Waals surface area contributed by atoms with Crippen LogP contribution >= 0.6 is 0 Å². The van der Waals surface area contributed by atoms with Gasteiger partial charge in [0.15, 0.2) is 0 Å². The number of hydrogen-bond acceptors (Lipinski definition) is 4. The first kappa shape index (κ1) is 14.3. The number of nitrogens with zero attached hydrogens (tertiary/aromatic N) is 1. The van der Waals surface area contributed by atoms with Crippen molar-refractivity contribution in [2.24, 2.45) is 5.92 Å². The van der Waals surface area contributed by atoms with Gasteiger partial charge in [-0.1, -0.05) is 18.2 Å². The van der Waals surface area contributed by atoms with Crippen LogP contribution in [0.3, 0.4) is 0 Å². The summed E-state index contributed by atoms with van der Waals surface area (Å²) in [6.45, 7) is 0.433. The van der Waals surface area contributed by atoms with Gasteiger partial charge in [0.05, 0.1) is 17.7 Å². The zero-order valence-electron chi connectivity index (χ0n) is 11.9. The highest BCUT2D eigenvalue weighted by Crippen LogP contribution is 2.22. The van der Waals surface area contributed by atoms with E-state index >= 15 is 0 Å². The molecule has 3 rings (SSSR count). The van der Waals surface area contributed by atoms with E-state index in [1.807, 2.05) is 6.08 Å². The van der Waals surface area contributed by atoms with Crippen LogP contribution in [0.25, 0.3) is 0 Å². The normalized spacial score (nSPS) is 19.9. The zero-order chi connectivity index (χ0) is 15.5. The summed E-state index contributed by atoms with van der Waals surface area (Å²) in [7, 11) is 0. The molecular weight excluding hydrogens is 282 g/mol. The van der Waals surface area contributed by atoms with Gasteiger partial charge in [-0.05, 0) is 30.7 Å². The van der Waals surface area contributed by atoms with Crippen LogP contribution in [0.4, 0.5) is 0 Å². The summed E-state index contributed by atoms with van der Waals surface area (Å²) in [6.07, 6.45) is 6.86. The quantitative estimate of drug-likeness (QED) is 0.615. The Morgan fingerprint density at radius 3 is 2.41 bits per heavy atom. The van der Waals surface area contributed by atoms with E-state index in [9.17, 15) is 14.4 Å². The maximum Gasteiger partial charge on any atom is 0.261 e. The van der Waals surface area contributed by atoms with E-state index in [-0.39, 0.29) is 30.9 Å². The molecule has 1 aromatic carbocycles. The first-order valence-corrected chi connectivity index (χ1v) is 7.12. The van der Waals surface area contributed by atoms with Crippen molar-refractivity contribution >= 4 is 18.1 Å².